The Morgan fingerprint density at radius 2 is 2.60 bits per heavy atom. The van der Waals surface area contributed by atoms with Gasteiger partial charge in [-0.3, -0.25) is 4.98 Å². The van der Waals surface area contributed by atoms with E-state index in [0.717, 1.165) is 5.56 Å². The molecule has 0 amide bonds. The summed E-state index contributed by atoms with van der Waals surface area (Å²) in [6, 6.07) is 3.87. The van der Waals surface area contributed by atoms with Crippen LogP contribution in [0.1, 0.15) is 5.56 Å². The molecule has 3 heteroatoms. The van der Waals surface area contributed by atoms with Crippen LogP contribution in [0.5, 0.6) is 0 Å². The summed E-state index contributed by atoms with van der Waals surface area (Å²) < 4.78 is 0. The van der Waals surface area contributed by atoms with Crippen LogP contribution in [-0.2, 0) is 6.54 Å². The van der Waals surface area contributed by atoms with E-state index in [1.807, 2.05) is 12.1 Å². The number of hydrogen-bond acceptors (Lipinski definition) is 2. The molecule has 0 spiro atoms. The molecule has 0 saturated heterocycles. The van der Waals surface area contributed by atoms with Crippen molar-refractivity contribution in [3.63, 3.8) is 0 Å². The Morgan fingerprint density at radius 1 is 1.70 bits per heavy atom. The Labute approximate surface area is 65.3 Å². The third-order valence-corrected chi connectivity index (χ3v) is 1.23. The summed E-state index contributed by atoms with van der Waals surface area (Å²) in [6.45, 7) is 0.706. The van der Waals surface area contributed by atoms with E-state index < -0.39 is 0 Å². The van der Waals surface area contributed by atoms with E-state index in [1.165, 1.54) is 0 Å². The van der Waals surface area contributed by atoms with Gasteiger partial charge in [-0.15, -0.1) is 0 Å². The summed E-state index contributed by atoms with van der Waals surface area (Å²) in [5.41, 5.74) is 3.53. The number of nitrogens with one attached hydrogen (secondary N) is 1. The fraction of sp³-hybridized carbons (Fsp3) is 0.143. The molecule has 0 saturated carbocycles. The number of pyridine rings is 1. The monoisotopic (exact) mass is 151 g/mol. The highest BCUT2D eigenvalue weighted by Crippen LogP contribution is 1.92. The van der Waals surface area contributed by atoms with Crippen LogP contribution in [-0.4, -0.2) is 10.5 Å². The molecule has 10 heavy (non-hydrogen) atoms. The maximum Gasteiger partial charge on any atom is 0.134 e. The van der Waals surface area contributed by atoms with Crippen LogP contribution in [0.4, 0.5) is 0 Å². The van der Waals surface area contributed by atoms with Gasteiger partial charge in [0.25, 0.3) is 0 Å². The molecule has 0 aromatic carbocycles. The third-order valence-electron chi connectivity index (χ3n) is 1.09. The van der Waals surface area contributed by atoms with Gasteiger partial charge in [0.05, 0.1) is 0 Å². The zero-order chi connectivity index (χ0) is 7.23. The van der Waals surface area contributed by atoms with Crippen LogP contribution < -0.4 is 5.32 Å². The standard InChI is InChI=1S/C7H7N2S/c10-6-9-5-7-2-1-3-8-4-7/h1-4H,5H2,(H,9,10). The van der Waals surface area contributed by atoms with Gasteiger partial charge in [0.2, 0.25) is 0 Å². The SMILES string of the molecule is S=[C]NCc1cccnc1. The van der Waals surface area contributed by atoms with E-state index in [2.05, 4.69) is 28.0 Å². The van der Waals surface area contributed by atoms with Gasteiger partial charge in [-0.1, -0.05) is 18.3 Å². The van der Waals surface area contributed by atoms with E-state index in [4.69, 9.17) is 0 Å². The summed E-state index contributed by atoms with van der Waals surface area (Å²) in [6.07, 6.45) is 3.53. The first-order valence-corrected chi connectivity index (χ1v) is 3.33. The topological polar surface area (TPSA) is 24.9 Å². The van der Waals surface area contributed by atoms with E-state index in [-0.39, 0.29) is 0 Å². The number of thiocarbonyl (C=S) groups is 1. The highest BCUT2D eigenvalue weighted by Gasteiger charge is 1.86. The largest absolute Gasteiger partial charge is 0.370 e. The molecular formula is C7H7N2S. The molecule has 51 valence electrons. The number of aromatic nitrogens is 1. The molecule has 1 radical (unpaired) electrons. The van der Waals surface area contributed by atoms with Gasteiger partial charge in [0.1, 0.15) is 5.49 Å². The zero-order valence-electron chi connectivity index (χ0n) is 5.37. The second kappa shape index (κ2) is 3.95. The van der Waals surface area contributed by atoms with Crippen molar-refractivity contribution in [3.8, 4) is 0 Å². The molecule has 0 aliphatic carbocycles. The summed E-state index contributed by atoms with van der Waals surface area (Å²) in [7, 11) is 0. The fourth-order valence-electron chi connectivity index (χ4n) is 0.641. The molecule has 0 aliphatic rings. The maximum atomic E-state index is 4.47. The third kappa shape index (κ3) is 2.11. The Balaban J connectivity index is 2.50. The summed E-state index contributed by atoms with van der Waals surface area (Å²) in [4.78, 5) is 3.94. The Kier molecular flexibility index (Phi) is 2.83. The highest BCUT2D eigenvalue weighted by atomic mass is 32.1. The van der Waals surface area contributed by atoms with Gasteiger partial charge >= 0.3 is 0 Å². The second-order valence-corrected chi connectivity index (χ2v) is 2.02. The van der Waals surface area contributed by atoms with E-state index >= 15 is 0 Å². The molecule has 0 atom stereocenters. The van der Waals surface area contributed by atoms with Gasteiger partial charge in [-0.05, 0) is 11.6 Å². The number of nitrogens with zero attached hydrogens (tertiary/aromatic N) is 1. The lowest BCUT2D eigenvalue weighted by molar-refractivity contribution is 0.934. The predicted octanol–water partition coefficient (Wildman–Crippen LogP) is 1.01. The minimum atomic E-state index is 0.706. The van der Waals surface area contributed by atoms with Crippen molar-refractivity contribution in [2.75, 3.05) is 0 Å². The summed E-state index contributed by atoms with van der Waals surface area (Å²) in [5.74, 6) is 0. The molecule has 1 N–H and O–H groups in total. The second-order valence-electron chi connectivity index (χ2n) is 1.82. The fourth-order valence-corrected chi connectivity index (χ4v) is 0.713. The molecule has 0 unspecified atom stereocenters. The van der Waals surface area contributed by atoms with Gasteiger partial charge in [0.15, 0.2) is 0 Å². The molecule has 1 aromatic rings. The molecule has 2 nitrogen and oxygen atoms in total. The van der Waals surface area contributed by atoms with Crippen molar-refractivity contribution in [2.24, 2.45) is 0 Å². The lowest BCUT2D eigenvalue weighted by Gasteiger charge is -1.96. The summed E-state index contributed by atoms with van der Waals surface area (Å²) in [5, 5.41) is 2.79. The first-order valence-electron chi connectivity index (χ1n) is 2.92. The van der Waals surface area contributed by atoms with Crippen LogP contribution in [0.15, 0.2) is 24.5 Å². The number of rotatable bonds is 3. The first kappa shape index (κ1) is 7.15. The van der Waals surface area contributed by atoms with Crippen LogP contribution >= 0.6 is 12.2 Å². The zero-order valence-corrected chi connectivity index (χ0v) is 6.19. The van der Waals surface area contributed by atoms with Crippen molar-refractivity contribution in [1.82, 2.24) is 10.3 Å². The van der Waals surface area contributed by atoms with Crippen LogP contribution in [0.2, 0.25) is 0 Å². The van der Waals surface area contributed by atoms with E-state index in [1.54, 1.807) is 12.4 Å². The smallest absolute Gasteiger partial charge is 0.134 e. The van der Waals surface area contributed by atoms with Crippen LogP contribution in [0, 0.1) is 0 Å². The minimum absolute atomic E-state index is 0.706. The van der Waals surface area contributed by atoms with Gasteiger partial charge in [0, 0.05) is 18.9 Å². The van der Waals surface area contributed by atoms with Gasteiger partial charge in [-0.2, -0.15) is 0 Å². The molecule has 1 aromatic heterocycles. The number of hydrogen-bond donors (Lipinski definition) is 1. The summed E-state index contributed by atoms with van der Waals surface area (Å²) >= 11 is 4.47. The van der Waals surface area contributed by atoms with Gasteiger partial charge < -0.3 is 5.32 Å². The van der Waals surface area contributed by atoms with Crippen molar-refractivity contribution in [3.05, 3.63) is 30.1 Å². The van der Waals surface area contributed by atoms with E-state index in [0.29, 0.717) is 6.54 Å². The van der Waals surface area contributed by atoms with E-state index in [9.17, 15) is 0 Å². The molecule has 0 aliphatic heterocycles. The molecule has 0 fully saturated rings. The average molecular weight is 151 g/mol. The maximum absolute atomic E-state index is 4.47. The minimum Gasteiger partial charge on any atom is -0.370 e. The first-order chi connectivity index (χ1) is 4.93. The average Bonchev–Trinajstić information content (AvgIpc) is 2.03. The normalized spacial score (nSPS) is 8.80. The van der Waals surface area contributed by atoms with Crippen molar-refractivity contribution >= 4 is 17.7 Å². The predicted molar refractivity (Wildman–Crippen MR) is 43.7 cm³/mol. The Morgan fingerprint density at radius 3 is 3.20 bits per heavy atom. The van der Waals surface area contributed by atoms with Crippen LogP contribution in [0.3, 0.4) is 0 Å². The lowest BCUT2D eigenvalue weighted by Crippen LogP contribution is -2.08. The van der Waals surface area contributed by atoms with Crippen molar-refractivity contribution in [2.45, 2.75) is 6.54 Å². The van der Waals surface area contributed by atoms with Crippen molar-refractivity contribution < 1.29 is 0 Å². The Bertz CT molecular complexity index is 198. The highest BCUT2D eigenvalue weighted by molar-refractivity contribution is 7.78. The molecule has 1 heterocycles. The quantitative estimate of drug-likeness (QED) is 0.515. The molecule has 0 bridgehead atoms. The molecule has 1 rings (SSSR count). The van der Waals surface area contributed by atoms with Crippen LogP contribution in [0.25, 0.3) is 0 Å². The lowest BCUT2D eigenvalue weighted by atomic mass is 10.3. The molecular weight excluding hydrogens is 144 g/mol. The van der Waals surface area contributed by atoms with Crippen molar-refractivity contribution in [1.29, 1.82) is 0 Å². The Hall–Kier alpha value is -0.960. The van der Waals surface area contributed by atoms with Gasteiger partial charge in [-0.25, -0.2) is 0 Å².